The highest BCUT2D eigenvalue weighted by Crippen LogP contribution is 2.19. The maximum absolute atomic E-state index is 12.2. The Morgan fingerprint density at radius 1 is 1.21 bits per heavy atom. The molecule has 2 N–H and O–H groups in total. The smallest absolute Gasteiger partial charge is 0.326 e. The Kier molecular flexibility index (Phi) is 5.53. The molecule has 0 bridgehead atoms. The predicted molar refractivity (Wildman–Crippen MR) is 86.7 cm³/mol. The van der Waals surface area contributed by atoms with E-state index in [1.54, 1.807) is 24.3 Å². The number of carbonyl (C=O) groups is 2. The largest absolute Gasteiger partial charge is 0.496 e. The number of hydrogen-bond acceptors (Lipinski definition) is 4. The van der Waals surface area contributed by atoms with Crippen LogP contribution in [0.25, 0.3) is 0 Å². The Hall–Kier alpha value is -3.33. The average Bonchev–Trinajstić information content (AvgIpc) is 2.61. The average molecular weight is 324 g/mol. The fraction of sp³-hybridized carbons (Fsp3) is 0.167. The lowest BCUT2D eigenvalue weighted by atomic mass is 10.0. The molecule has 6 heteroatoms. The monoisotopic (exact) mass is 324 g/mol. The molecule has 1 amide bonds. The van der Waals surface area contributed by atoms with Crippen LogP contribution in [0, 0.1) is 11.3 Å². The second-order valence-electron chi connectivity index (χ2n) is 5.07. The molecule has 24 heavy (non-hydrogen) atoms. The number of ether oxygens (including phenoxy) is 1. The van der Waals surface area contributed by atoms with Crippen molar-refractivity contribution in [1.82, 2.24) is 5.32 Å². The molecule has 0 fully saturated rings. The highest BCUT2D eigenvalue weighted by atomic mass is 16.5. The van der Waals surface area contributed by atoms with Crippen molar-refractivity contribution in [1.29, 1.82) is 5.26 Å². The Balaban J connectivity index is 2.14. The van der Waals surface area contributed by atoms with Gasteiger partial charge < -0.3 is 15.2 Å². The van der Waals surface area contributed by atoms with E-state index in [1.807, 2.05) is 6.07 Å². The number of carboxylic acids is 1. The summed E-state index contributed by atoms with van der Waals surface area (Å²) in [4.78, 5) is 23.7. The molecule has 2 aromatic carbocycles. The zero-order valence-corrected chi connectivity index (χ0v) is 13.0. The molecule has 0 saturated carbocycles. The summed E-state index contributed by atoms with van der Waals surface area (Å²) < 4.78 is 5.20. The molecule has 0 aliphatic heterocycles. The second kappa shape index (κ2) is 7.79. The summed E-state index contributed by atoms with van der Waals surface area (Å²) in [5.41, 5.74) is 1.41. The molecule has 0 radical (unpaired) electrons. The molecule has 0 spiro atoms. The number of rotatable bonds is 6. The minimum atomic E-state index is -1.14. The molecular weight excluding hydrogens is 308 g/mol. The summed E-state index contributed by atoms with van der Waals surface area (Å²) >= 11 is 0. The summed E-state index contributed by atoms with van der Waals surface area (Å²) in [6.45, 7) is 0. The third kappa shape index (κ3) is 4.11. The van der Waals surface area contributed by atoms with Crippen molar-refractivity contribution >= 4 is 11.9 Å². The van der Waals surface area contributed by atoms with Gasteiger partial charge in [0.05, 0.1) is 18.7 Å². The molecule has 0 aromatic heterocycles. The van der Waals surface area contributed by atoms with Gasteiger partial charge in [-0.05, 0) is 35.9 Å². The summed E-state index contributed by atoms with van der Waals surface area (Å²) in [5, 5.41) is 20.6. The number of methoxy groups -OCH3 is 1. The van der Waals surface area contributed by atoms with Gasteiger partial charge in [0.1, 0.15) is 11.8 Å². The lowest BCUT2D eigenvalue weighted by molar-refractivity contribution is -0.139. The first kappa shape index (κ1) is 17.0. The van der Waals surface area contributed by atoms with Crippen LogP contribution in [0.4, 0.5) is 0 Å². The second-order valence-corrected chi connectivity index (χ2v) is 5.07. The van der Waals surface area contributed by atoms with E-state index in [4.69, 9.17) is 10.00 Å². The standard InChI is InChI=1S/C18H16N2O4/c1-24-16-5-3-2-4-14(16)10-15(18(22)23)20-17(21)13-8-6-12(11-19)7-9-13/h2-9,15H,10H2,1H3,(H,20,21)(H,22,23)/t15-/m1/s1. The molecule has 122 valence electrons. The van der Waals surface area contributed by atoms with Crippen molar-refractivity contribution in [3.63, 3.8) is 0 Å². The molecule has 6 nitrogen and oxygen atoms in total. The van der Waals surface area contributed by atoms with Crippen LogP contribution in [-0.4, -0.2) is 30.1 Å². The van der Waals surface area contributed by atoms with Gasteiger partial charge in [-0.2, -0.15) is 5.26 Å². The molecule has 0 saturated heterocycles. The summed E-state index contributed by atoms with van der Waals surface area (Å²) in [5.74, 6) is -1.08. The van der Waals surface area contributed by atoms with E-state index < -0.39 is 17.9 Å². The Morgan fingerprint density at radius 3 is 2.46 bits per heavy atom. The van der Waals surface area contributed by atoms with Crippen molar-refractivity contribution in [2.24, 2.45) is 0 Å². The molecule has 0 aliphatic rings. The van der Waals surface area contributed by atoms with Crippen LogP contribution < -0.4 is 10.1 Å². The van der Waals surface area contributed by atoms with Gasteiger partial charge in [-0.25, -0.2) is 4.79 Å². The molecule has 0 heterocycles. The van der Waals surface area contributed by atoms with E-state index in [-0.39, 0.29) is 6.42 Å². The zero-order chi connectivity index (χ0) is 17.5. The minimum Gasteiger partial charge on any atom is -0.496 e. The maximum atomic E-state index is 12.2. The van der Waals surface area contributed by atoms with Crippen molar-refractivity contribution in [2.75, 3.05) is 7.11 Å². The first-order valence-corrected chi connectivity index (χ1v) is 7.21. The number of carbonyl (C=O) groups excluding carboxylic acids is 1. The van der Waals surface area contributed by atoms with E-state index in [1.165, 1.54) is 31.4 Å². The van der Waals surface area contributed by atoms with E-state index in [0.717, 1.165) is 0 Å². The third-order valence-electron chi connectivity index (χ3n) is 3.50. The number of nitriles is 1. The number of para-hydroxylation sites is 1. The molecule has 0 aliphatic carbocycles. The van der Waals surface area contributed by atoms with Gasteiger partial charge in [0, 0.05) is 12.0 Å². The van der Waals surface area contributed by atoms with Crippen molar-refractivity contribution in [3.05, 3.63) is 65.2 Å². The van der Waals surface area contributed by atoms with Crippen LogP contribution in [0.3, 0.4) is 0 Å². The summed E-state index contributed by atoms with van der Waals surface area (Å²) in [7, 11) is 1.50. The van der Waals surface area contributed by atoms with Crippen LogP contribution in [0.15, 0.2) is 48.5 Å². The van der Waals surface area contributed by atoms with Gasteiger partial charge in [0.15, 0.2) is 0 Å². The first-order chi connectivity index (χ1) is 11.5. The molecule has 1 atom stereocenters. The van der Waals surface area contributed by atoms with Crippen LogP contribution in [0.5, 0.6) is 5.75 Å². The quantitative estimate of drug-likeness (QED) is 0.846. The minimum absolute atomic E-state index is 0.0986. The van der Waals surface area contributed by atoms with Crippen LogP contribution >= 0.6 is 0 Å². The normalized spacial score (nSPS) is 11.2. The van der Waals surface area contributed by atoms with Crippen molar-refractivity contribution < 1.29 is 19.4 Å². The van der Waals surface area contributed by atoms with Gasteiger partial charge >= 0.3 is 5.97 Å². The number of nitrogens with zero attached hydrogens (tertiary/aromatic N) is 1. The highest BCUT2D eigenvalue weighted by molar-refractivity contribution is 5.96. The van der Waals surface area contributed by atoms with Gasteiger partial charge in [-0.3, -0.25) is 4.79 Å². The predicted octanol–water partition coefficient (Wildman–Crippen LogP) is 1.99. The van der Waals surface area contributed by atoms with Crippen molar-refractivity contribution in [2.45, 2.75) is 12.5 Å². The fourth-order valence-corrected chi connectivity index (χ4v) is 2.23. The number of benzene rings is 2. The Labute approximate surface area is 139 Å². The van der Waals surface area contributed by atoms with Gasteiger partial charge in [0.2, 0.25) is 0 Å². The maximum Gasteiger partial charge on any atom is 0.326 e. The number of aliphatic carboxylic acids is 1. The Bertz CT molecular complexity index is 778. The summed E-state index contributed by atoms with van der Waals surface area (Å²) in [6.07, 6.45) is 0.0986. The van der Waals surface area contributed by atoms with Crippen LogP contribution in [0.2, 0.25) is 0 Å². The number of amides is 1. The van der Waals surface area contributed by atoms with E-state index >= 15 is 0 Å². The lowest BCUT2D eigenvalue weighted by Crippen LogP contribution is -2.42. The zero-order valence-electron chi connectivity index (χ0n) is 13.0. The van der Waals surface area contributed by atoms with Gasteiger partial charge in [-0.1, -0.05) is 18.2 Å². The third-order valence-corrected chi connectivity index (χ3v) is 3.50. The molecule has 0 unspecified atom stereocenters. The van der Waals surface area contributed by atoms with E-state index in [0.29, 0.717) is 22.4 Å². The van der Waals surface area contributed by atoms with E-state index in [9.17, 15) is 14.7 Å². The highest BCUT2D eigenvalue weighted by Gasteiger charge is 2.22. The topological polar surface area (TPSA) is 99.4 Å². The lowest BCUT2D eigenvalue weighted by Gasteiger charge is -2.16. The molecule has 2 rings (SSSR count). The Morgan fingerprint density at radius 2 is 1.88 bits per heavy atom. The van der Waals surface area contributed by atoms with Gasteiger partial charge in [0.25, 0.3) is 5.91 Å². The fourth-order valence-electron chi connectivity index (χ4n) is 2.23. The first-order valence-electron chi connectivity index (χ1n) is 7.21. The summed E-state index contributed by atoms with van der Waals surface area (Å²) in [6, 6.07) is 13.9. The number of nitrogens with one attached hydrogen (secondary N) is 1. The molecular formula is C18H16N2O4. The number of carboxylic acid groups (broad SMARTS) is 1. The molecule has 2 aromatic rings. The number of hydrogen-bond donors (Lipinski definition) is 2. The van der Waals surface area contributed by atoms with Crippen molar-refractivity contribution in [3.8, 4) is 11.8 Å². The van der Waals surface area contributed by atoms with Crippen LogP contribution in [-0.2, 0) is 11.2 Å². The van der Waals surface area contributed by atoms with Gasteiger partial charge in [-0.15, -0.1) is 0 Å². The SMILES string of the molecule is COc1ccccc1C[C@@H](NC(=O)c1ccc(C#N)cc1)C(=O)O. The van der Waals surface area contributed by atoms with E-state index in [2.05, 4.69) is 5.32 Å². The van der Waals surface area contributed by atoms with Crippen LogP contribution in [0.1, 0.15) is 21.5 Å².